The molecular formula is C22H21F3N4O4S. The fourth-order valence-electron chi connectivity index (χ4n) is 3.87. The summed E-state index contributed by atoms with van der Waals surface area (Å²) in [6, 6.07) is 8.27. The molecule has 1 fully saturated rings. The Balaban J connectivity index is 1.82. The molecule has 12 heteroatoms. The Morgan fingerprint density at radius 1 is 1.26 bits per heavy atom. The number of carboxylic acid groups (broad SMARTS) is 1. The van der Waals surface area contributed by atoms with Gasteiger partial charge in [0.1, 0.15) is 5.83 Å². The van der Waals surface area contributed by atoms with Gasteiger partial charge in [-0.2, -0.15) is 4.31 Å². The molecule has 2 heterocycles. The normalized spacial score (nSPS) is 16.9. The Bertz CT molecular complexity index is 1400. The number of hydrogen-bond donors (Lipinski definition) is 2. The van der Waals surface area contributed by atoms with Gasteiger partial charge in [0.15, 0.2) is 0 Å². The minimum absolute atomic E-state index is 0.00565. The number of aromatic nitrogens is 2. The third-order valence-corrected chi connectivity index (χ3v) is 7.39. The van der Waals surface area contributed by atoms with E-state index < -0.39 is 40.7 Å². The van der Waals surface area contributed by atoms with Crippen LogP contribution in [0.4, 0.5) is 13.2 Å². The summed E-state index contributed by atoms with van der Waals surface area (Å²) in [5, 5.41) is 9.58. The van der Waals surface area contributed by atoms with Crippen molar-refractivity contribution in [2.24, 2.45) is 5.73 Å². The van der Waals surface area contributed by atoms with Gasteiger partial charge in [0.2, 0.25) is 10.0 Å². The zero-order valence-corrected chi connectivity index (χ0v) is 18.6. The molecule has 0 spiro atoms. The highest BCUT2D eigenvalue weighted by molar-refractivity contribution is 7.89. The highest BCUT2D eigenvalue weighted by atomic mass is 32.2. The average Bonchev–Trinajstić information content (AvgIpc) is 3.36. The van der Waals surface area contributed by atoms with E-state index >= 15 is 0 Å². The summed E-state index contributed by atoms with van der Waals surface area (Å²) in [7, 11) is -4.19. The first-order valence-electron chi connectivity index (χ1n) is 10.3. The topological polar surface area (TPSA) is 119 Å². The molecule has 180 valence electrons. The van der Waals surface area contributed by atoms with Crippen molar-refractivity contribution in [3.05, 3.63) is 60.2 Å². The zero-order chi connectivity index (χ0) is 24.7. The van der Waals surface area contributed by atoms with E-state index in [1.165, 1.54) is 47.3 Å². The van der Waals surface area contributed by atoms with Crippen molar-refractivity contribution in [1.82, 2.24) is 13.9 Å². The molecule has 0 atom stereocenters. The number of carbonyl (C=O) groups is 1. The Morgan fingerprint density at radius 2 is 2.03 bits per heavy atom. The van der Waals surface area contributed by atoms with Crippen LogP contribution in [0.25, 0.3) is 22.2 Å². The highest BCUT2D eigenvalue weighted by Gasteiger charge is 2.43. The van der Waals surface area contributed by atoms with Crippen LogP contribution in [0, 0.1) is 0 Å². The summed E-state index contributed by atoms with van der Waals surface area (Å²) in [5.74, 6) is -4.86. The lowest BCUT2D eigenvalue weighted by Crippen LogP contribution is -2.31. The van der Waals surface area contributed by atoms with Crippen LogP contribution in [0.2, 0.25) is 0 Å². The molecule has 0 bridgehead atoms. The maximum Gasteiger partial charge on any atom is 0.335 e. The monoisotopic (exact) mass is 494 g/mol. The first-order valence-corrected chi connectivity index (χ1v) is 11.7. The van der Waals surface area contributed by atoms with Gasteiger partial charge >= 0.3 is 5.97 Å². The fourth-order valence-corrected chi connectivity index (χ4v) is 5.39. The van der Waals surface area contributed by atoms with Crippen molar-refractivity contribution in [2.45, 2.75) is 23.8 Å². The van der Waals surface area contributed by atoms with Gasteiger partial charge in [0.25, 0.3) is 5.92 Å². The second-order valence-corrected chi connectivity index (χ2v) is 9.87. The maximum atomic E-state index is 14.1. The molecule has 3 aromatic rings. The standard InChI is InChI=1S/C22H21F3N4O4S/c23-16(4-6-26)11-28-13-27-20-18(9-15(21(30)31)10-19(20)28)14-2-1-3-17(8-14)34(32,33)29-7-5-22(24,25)12-29/h1-4,8-10,13H,5-7,11-12,26H2,(H,30,31)/b16-4-. The number of carboxylic acids is 1. The Labute approximate surface area is 193 Å². The summed E-state index contributed by atoms with van der Waals surface area (Å²) in [6.45, 7) is -1.42. The van der Waals surface area contributed by atoms with Crippen LogP contribution in [-0.4, -0.2) is 58.9 Å². The second-order valence-electron chi connectivity index (χ2n) is 7.93. The van der Waals surface area contributed by atoms with Gasteiger partial charge in [-0.15, -0.1) is 0 Å². The first-order chi connectivity index (χ1) is 16.0. The van der Waals surface area contributed by atoms with Gasteiger partial charge in [-0.05, 0) is 35.9 Å². The van der Waals surface area contributed by atoms with E-state index in [-0.39, 0.29) is 30.1 Å². The van der Waals surface area contributed by atoms with Crippen LogP contribution in [-0.2, 0) is 16.6 Å². The lowest BCUT2D eigenvalue weighted by atomic mass is 10.0. The van der Waals surface area contributed by atoms with Crippen molar-refractivity contribution >= 4 is 27.0 Å². The predicted molar refractivity (Wildman–Crippen MR) is 119 cm³/mol. The number of hydrogen-bond acceptors (Lipinski definition) is 5. The summed E-state index contributed by atoms with van der Waals surface area (Å²) in [6.07, 6.45) is 1.97. The molecule has 1 aliphatic heterocycles. The molecule has 2 aromatic carbocycles. The number of imidazole rings is 1. The van der Waals surface area contributed by atoms with E-state index in [0.29, 0.717) is 22.2 Å². The SMILES string of the molecule is NC/C=C(\F)Cn1cnc2c(-c3cccc(S(=O)(=O)N4CCC(F)(F)C4)c3)cc(C(=O)O)cc21. The Hall–Kier alpha value is -3.22. The van der Waals surface area contributed by atoms with Crippen molar-refractivity contribution in [1.29, 1.82) is 0 Å². The Kier molecular flexibility index (Phi) is 6.23. The number of fused-ring (bicyclic) bond motifs is 1. The lowest BCUT2D eigenvalue weighted by molar-refractivity contribution is 0.0183. The smallest absolute Gasteiger partial charge is 0.335 e. The first kappa shape index (κ1) is 23.9. The number of rotatable bonds is 7. The lowest BCUT2D eigenvalue weighted by Gasteiger charge is -2.17. The molecule has 8 nitrogen and oxygen atoms in total. The Morgan fingerprint density at radius 3 is 2.68 bits per heavy atom. The number of aromatic carboxylic acids is 1. The fraction of sp³-hybridized carbons (Fsp3) is 0.273. The third-order valence-electron chi connectivity index (χ3n) is 5.55. The summed E-state index contributed by atoms with van der Waals surface area (Å²) < 4.78 is 69.3. The summed E-state index contributed by atoms with van der Waals surface area (Å²) in [5.41, 5.74) is 6.50. The largest absolute Gasteiger partial charge is 0.478 e. The molecular weight excluding hydrogens is 473 g/mol. The van der Waals surface area contributed by atoms with Crippen LogP contribution in [0.5, 0.6) is 0 Å². The number of sulfonamides is 1. The van der Waals surface area contributed by atoms with E-state index in [9.17, 15) is 31.5 Å². The van der Waals surface area contributed by atoms with Crippen molar-refractivity contribution in [3.63, 3.8) is 0 Å². The van der Waals surface area contributed by atoms with Crippen molar-refractivity contribution < 1.29 is 31.5 Å². The predicted octanol–water partition coefficient (Wildman–Crippen LogP) is 3.24. The molecule has 0 saturated carbocycles. The molecule has 0 radical (unpaired) electrons. The van der Waals surface area contributed by atoms with E-state index in [4.69, 9.17) is 5.73 Å². The quantitative estimate of drug-likeness (QED) is 0.521. The van der Waals surface area contributed by atoms with E-state index in [2.05, 4.69) is 4.98 Å². The van der Waals surface area contributed by atoms with Crippen molar-refractivity contribution in [3.8, 4) is 11.1 Å². The second kappa shape index (κ2) is 8.85. The van der Waals surface area contributed by atoms with Gasteiger partial charge in [0, 0.05) is 25.1 Å². The van der Waals surface area contributed by atoms with Gasteiger partial charge in [-0.25, -0.2) is 31.4 Å². The van der Waals surface area contributed by atoms with Crippen LogP contribution < -0.4 is 5.73 Å². The molecule has 0 amide bonds. The maximum absolute atomic E-state index is 14.1. The molecule has 4 rings (SSSR count). The van der Waals surface area contributed by atoms with E-state index in [0.717, 1.165) is 4.31 Å². The number of halogens is 3. The van der Waals surface area contributed by atoms with Gasteiger partial charge in [-0.3, -0.25) is 0 Å². The number of benzene rings is 2. The molecule has 34 heavy (non-hydrogen) atoms. The van der Waals surface area contributed by atoms with Gasteiger partial charge in [0.05, 0.1) is 40.9 Å². The van der Waals surface area contributed by atoms with Crippen LogP contribution in [0.1, 0.15) is 16.8 Å². The zero-order valence-electron chi connectivity index (χ0n) is 17.8. The molecule has 1 aromatic heterocycles. The van der Waals surface area contributed by atoms with Gasteiger partial charge < -0.3 is 15.4 Å². The van der Waals surface area contributed by atoms with E-state index in [1.54, 1.807) is 6.07 Å². The van der Waals surface area contributed by atoms with Crippen molar-refractivity contribution in [2.75, 3.05) is 19.6 Å². The third kappa shape index (κ3) is 4.56. The average molecular weight is 494 g/mol. The molecule has 3 N–H and O–H groups in total. The van der Waals surface area contributed by atoms with Crippen LogP contribution >= 0.6 is 0 Å². The molecule has 0 unspecified atom stereocenters. The number of allylic oxidation sites excluding steroid dienone is 1. The molecule has 1 saturated heterocycles. The minimum Gasteiger partial charge on any atom is -0.478 e. The highest BCUT2D eigenvalue weighted by Crippen LogP contribution is 2.34. The minimum atomic E-state index is -4.19. The van der Waals surface area contributed by atoms with Crippen LogP contribution in [0.15, 0.2) is 59.5 Å². The van der Waals surface area contributed by atoms with E-state index in [1.807, 2.05) is 0 Å². The number of nitrogens with two attached hydrogens (primary N) is 1. The van der Waals surface area contributed by atoms with Crippen LogP contribution in [0.3, 0.4) is 0 Å². The number of nitrogens with zero attached hydrogens (tertiary/aromatic N) is 3. The van der Waals surface area contributed by atoms with Gasteiger partial charge in [-0.1, -0.05) is 12.1 Å². The molecule has 1 aliphatic rings. The number of alkyl halides is 2. The summed E-state index contributed by atoms with van der Waals surface area (Å²) in [4.78, 5) is 15.8. The molecule has 0 aliphatic carbocycles. The summed E-state index contributed by atoms with van der Waals surface area (Å²) >= 11 is 0.